The summed E-state index contributed by atoms with van der Waals surface area (Å²) in [5.74, 6) is 0.0267. The van der Waals surface area contributed by atoms with E-state index in [0.29, 0.717) is 17.5 Å². The average molecular weight is 304 g/mol. The first-order valence-corrected chi connectivity index (χ1v) is 7.22. The first-order chi connectivity index (χ1) is 10.2. The van der Waals surface area contributed by atoms with Gasteiger partial charge in [-0.3, -0.25) is 4.57 Å². The van der Waals surface area contributed by atoms with Crippen molar-refractivity contribution >= 4 is 17.7 Å². The molecule has 2 rings (SSSR count). The number of rotatable bonds is 8. The van der Waals surface area contributed by atoms with Crippen LogP contribution in [0.4, 0.5) is 0 Å². The molecular formula is C14H14N3O3S-. The SMILES string of the molecule is C=CCn1c(COc2ccccc2)nnc1SCC(=O)[O-]. The molecule has 0 amide bonds. The second kappa shape index (κ2) is 7.49. The van der Waals surface area contributed by atoms with Crippen molar-refractivity contribution in [2.24, 2.45) is 0 Å². The summed E-state index contributed by atoms with van der Waals surface area (Å²) >= 11 is 1.06. The number of carbonyl (C=O) groups is 1. The molecule has 0 aliphatic carbocycles. The van der Waals surface area contributed by atoms with Crippen molar-refractivity contribution in [1.82, 2.24) is 14.8 Å². The maximum Gasteiger partial charge on any atom is 0.191 e. The lowest BCUT2D eigenvalue weighted by molar-refractivity contribution is -0.301. The number of carbonyl (C=O) groups excluding carboxylic acids is 1. The molecule has 0 aliphatic heterocycles. The fourth-order valence-corrected chi connectivity index (χ4v) is 2.31. The summed E-state index contributed by atoms with van der Waals surface area (Å²) in [4.78, 5) is 10.5. The van der Waals surface area contributed by atoms with Gasteiger partial charge in [0.25, 0.3) is 0 Å². The van der Waals surface area contributed by atoms with E-state index >= 15 is 0 Å². The topological polar surface area (TPSA) is 80.1 Å². The highest BCUT2D eigenvalue weighted by Crippen LogP contribution is 2.18. The Bertz CT molecular complexity index is 613. The van der Waals surface area contributed by atoms with Crippen molar-refractivity contribution < 1.29 is 14.6 Å². The van der Waals surface area contributed by atoms with Gasteiger partial charge in [0.2, 0.25) is 0 Å². The Hall–Kier alpha value is -2.28. The van der Waals surface area contributed by atoms with Crippen LogP contribution >= 0.6 is 11.8 Å². The van der Waals surface area contributed by atoms with Gasteiger partial charge in [0, 0.05) is 12.3 Å². The first kappa shape index (κ1) is 15.1. The van der Waals surface area contributed by atoms with E-state index < -0.39 is 5.97 Å². The Balaban J connectivity index is 2.07. The smallest absolute Gasteiger partial charge is 0.191 e. The van der Waals surface area contributed by atoms with Crippen LogP contribution in [0.5, 0.6) is 5.75 Å². The van der Waals surface area contributed by atoms with Crippen LogP contribution in [-0.4, -0.2) is 26.5 Å². The molecule has 0 fully saturated rings. The van der Waals surface area contributed by atoms with Gasteiger partial charge in [-0.1, -0.05) is 36.0 Å². The van der Waals surface area contributed by atoms with Gasteiger partial charge >= 0.3 is 0 Å². The summed E-state index contributed by atoms with van der Waals surface area (Å²) in [5, 5.41) is 19.0. The number of thioether (sulfide) groups is 1. The molecule has 0 bridgehead atoms. The van der Waals surface area contributed by atoms with Crippen molar-refractivity contribution in [2.45, 2.75) is 18.3 Å². The number of ether oxygens (including phenoxy) is 1. The van der Waals surface area contributed by atoms with E-state index in [1.165, 1.54) is 0 Å². The zero-order valence-electron chi connectivity index (χ0n) is 11.3. The predicted molar refractivity (Wildman–Crippen MR) is 76.7 cm³/mol. The fraction of sp³-hybridized carbons (Fsp3) is 0.214. The molecule has 1 aromatic heterocycles. The third-order valence-electron chi connectivity index (χ3n) is 2.54. The molecule has 0 radical (unpaired) electrons. The maximum absolute atomic E-state index is 10.5. The van der Waals surface area contributed by atoms with Gasteiger partial charge in [-0.2, -0.15) is 0 Å². The van der Waals surface area contributed by atoms with Gasteiger partial charge in [0.1, 0.15) is 12.4 Å². The van der Waals surface area contributed by atoms with Crippen LogP contribution in [0.2, 0.25) is 0 Å². The molecule has 6 nitrogen and oxygen atoms in total. The minimum absolute atomic E-state index is 0.172. The lowest BCUT2D eigenvalue weighted by Crippen LogP contribution is -2.24. The second-order valence-corrected chi connectivity index (χ2v) is 5.00. The predicted octanol–water partition coefficient (Wildman–Crippen LogP) is 0.885. The van der Waals surface area contributed by atoms with Crippen LogP contribution in [0.3, 0.4) is 0 Å². The quantitative estimate of drug-likeness (QED) is 0.532. The Labute approximate surface area is 126 Å². The molecule has 0 aliphatic rings. The van der Waals surface area contributed by atoms with Gasteiger partial charge in [-0.15, -0.1) is 16.8 Å². The molecule has 1 aromatic carbocycles. The van der Waals surface area contributed by atoms with Gasteiger partial charge in [-0.05, 0) is 12.1 Å². The van der Waals surface area contributed by atoms with E-state index in [9.17, 15) is 9.90 Å². The van der Waals surface area contributed by atoms with Crippen molar-refractivity contribution in [2.75, 3.05) is 5.75 Å². The zero-order chi connectivity index (χ0) is 15.1. The van der Waals surface area contributed by atoms with Gasteiger partial charge < -0.3 is 14.6 Å². The van der Waals surface area contributed by atoms with Crippen LogP contribution in [-0.2, 0) is 17.9 Å². The lowest BCUT2D eigenvalue weighted by Gasteiger charge is -2.09. The Morgan fingerprint density at radius 1 is 1.38 bits per heavy atom. The summed E-state index contributed by atoms with van der Waals surface area (Å²) in [5.41, 5.74) is 0. The van der Waals surface area contributed by atoms with Crippen LogP contribution in [0.1, 0.15) is 5.82 Å². The number of hydrogen-bond donors (Lipinski definition) is 0. The highest BCUT2D eigenvalue weighted by Gasteiger charge is 2.12. The lowest BCUT2D eigenvalue weighted by atomic mass is 10.3. The summed E-state index contributed by atoms with van der Waals surface area (Å²) in [6, 6.07) is 9.36. The van der Waals surface area contributed by atoms with E-state index in [4.69, 9.17) is 4.74 Å². The molecule has 0 saturated carbocycles. The maximum atomic E-state index is 10.5. The number of allylic oxidation sites excluding steroid dienone is 1. The third kappa shape index (κ3) is 4.35. The Kier molecular flexibility index (Phi) is 5.39. The van der Waals surface area contributed by atoms with Crippen molar-refractivity contribution in [3.05, 3.63) is 48.8 Å². The molecule has 0 unspecified atom stereocenters. The van der Waals surface area contributed by atoms with Gasteiger partial charge in [0.05, 0.1) is 5.97 Å². The zero-order valence-corrected chi connectivity index (χ0v) is 12.1. The normalized spacial score (nSPS) is 10.3. The van der Waals surface area contributed by atoms with Crippen LogP contribution < -0.4 is 9.84 Å². The van der Waals surface area contributed by atoms with Crippen LogP contribution in [0.15, 0.2) is 48.1 Å². The van der Waals surface area contributed by atoms with Crippen molar-refractivity contribution in [3.8, 4) is 5.75 Å². The van der Waals surface area contributed by atoms with Gasteiger partial charge in [-0.25, -0.2) is 0 Å². The van der Waals surface area contributed by atoms with E-state index in [-0.39, 0.29) is 12.4 Å². The molecule has 7 heteroatoms. The number of para-hydroxylation sites is 1. The van der Waals surface area contributed by atoms with Gasteiger partial charge in [0.15, 0.2) is 11.0 Å². The number of nitrogens with zero attached hydrogens (tertiary/aromatic N) is 3. The summed E-state index contributed by atoms with van der Waals surface area (Å²) in [6.07, 6.45) is 1.69. The standard InChI is InChI=1S/C14H15N3O3S/c1-2-8-17-12(9-20-11-6-4-3-5-7-11)15-16-14(17)21-10-13(18)19/h2-7H,1,8-10H2,(H,18,19)/p-1. The molecule has 0 N–H and O–H groups in total. The number of benzene rings is 1. The van der Waals surface area contributed by atoms with E-state index in [2.05, 4.69) is 16.8 Å². The number of carboxylic acid groups (broad SMARTS) is 1. The monoisotopic (exact) mass is 304 g/mol. The molecule has 0 spiro atoms. The first-order valence-electron chi connectivity index (χ1n) is 6.24. The fourth-order valence-electron chi connectivity index (χ4n) is 1.63. The number of carboxylic acids is 1. The average Bonchev–Trinajstić information content (AvgIpc) is 2.87. The summed E-state index contributed by atoms with van der Waals surface area (Å²) in [7, 11) is 0. The molecule has 1 heterocycles. The number of aromatic nitrogens is 3. The summed E-state index contributed by atoms with van der Waals surface area (Å²) < 4.78 is 7.39. The van der Waals surface area contributed by atoms with Crippen molar-refractivity contribution in [1.29, 1.82) is 0 Å². The molecule has 21 heavy (non-hydrogen) atoms. The highest BCUT2D eigenvalue weighted by atomic mass is 32.2. The second-order valence-electron chi connectivity index (χ2n) is 4.06. The van der Waals surface area contributed by atoms with E-state index in [1.54, 1.807) is 10.6 Å². The molecule has 0 atom stereocenters. The molecule has 2 aromatic rings. The van der Waals surface area contributed by atoms with E-state index in [1.807, 2.05) is 30.3 Å². The largest absolute Gasteiger partial charge is 0.549 e. The molecule has 110 valence electrons. The molecular weight excluding hydrogens is 290 g/mol. The minimum atomic E-state index is -1.14. The Morgan fingerprint density at radius 2 is 2.14 bits per heavy atom. The minimum Gasteiger partial charge on any atom is -0.549 e. The van der Waals surface area contributed by atoms with Crippen LogP contribution in [0, 0.1) is 0 Å². The van der Waals surface area contributed by atoms with Crippen molar-refractivity contribution in [3.63, 3.8) is 0 Å². The van der Waals surface area contributed by atoms with E-state index in [0.717, 1.165) is 17.5 Å². The Morgan fingerprint density at radius 3 is 2.81 bits per heavy atom. The number of hydrogen-bond acceptors (Lipinski definition) is 6. The highest BCUT2D eigenvalue weighted by molar-refractivity contribution is 7.99. The van der Waals surface area contributed by atoms with Crippen LogP contribution in [0.25, 0.3) is 0 Å². The number of aliphatic carboxylic acids is 1. The molecule has 0 saturated heterocycles. The summed E-state index contributed by atoms with van der Waals surface area (Å²) in [6.45, 7) is 4.40. The third-order valence-corrected chi connectivity index (χ3v) is 3.48.